The van der Waals surface area contributed by atoms with Gasteiger partial charge in [-0.25, -0.2) is 9.37 Å². The van der Waals surface area contributed by atoms with Crippen LogP contribution in [0.15, 0.2) is 39.6 Å². The van der Waals surface area contributed by atoms with E-state index in [0.29, 0.717) is 21.9 Å². The molecule has 0 aliphatic rings. The molecule has 0 saturated heterocycles. The number of thiophene rings is 1. The van der Waals surface area contributed by atoms with Gasteiger partial charge in [-0.2, -0.15) is 0 Å². The minimum atomic E-state index is -0.364. The predicted octanol–water partition coefficient (Wildman–Crippen LogP) is 3.41. The first-order chi connectivity index (χ1) is 12.0. The Kier molecular flexibility index (Phi) is 5.19. The van der Waals surface area contributed by atoms with E-state index in [2.05, 4.69) is 15.3 Å². The average Bonchev–Trinajstić information content (AvgIpc) is 3.00. The molecule has 0 bridgehead atoms. The molecule has 8 heteroatoms. The molecule has 3 aromatic rings. The van der Waals surface area contributed by atoms with Gasteiger partial charge >= 0.3 is 0 Å². The Morgan fingerprint density at radius 3 is 2.80 bits per heavy atom. The molecule has 25 heavy (non-hydrogen) atoms. The highest BCUT2D eigenvalue weighted by atomic mass is 32.2. The molecule has 0 spiro atoms. The van der Waals surface area contributed by atoms with Crippen molar-refractivity contribution in [3.8, 4) is 11.1 Å². The van der Waals surface area contributed by atoms with E-state index in [1.54, 1.807) is 19.1 Å². The summed E-state index contributed by atoms with van der Waals surface area (Å²) in [4.78, 5) is 32.1. The lowest BCUT2D eigenvalue weighted by Crippen LogP contribution is -2.30. The summed E-state index contributed by atoms with van der Waals surface area (Å²) in [6.07, 6.45) is 0. The van der Waals surface area contributed by atoms with E-state index >= 15 is 0 Å². The van der Waals surface area contributed by atoms with E-state index in [1.807, 2.05) is 12.3 Å². The number of benzene rings is 1. The summed E-state index contributed by atoms with van der Waals surface area (Å²) in [7, 11) is 0. The van der Waals surface area contributed by atoms with Crippen molar-refractivity contribution in [2.75, 3.05) is 6.54 Å². The van der Waals surface area contributed by atoms with Crippen LogP contribution < -0.4 is 10.9 Å². The van der Waals surface area contributed by atoms with Crippen molar-refractivity contribution < 1.29 is 9.18 Å². The van der Waals surface area contributed by atoms with Crippen LogP contribution >= 0.6 is 23.1 Å². The fraction of sp³-hybridized carbons (Fsp3) is 0.235. The third kappa shape index (κ3) is 3.74. The van der Waals surface area contributed by atoms with E-state index in [9.17, 15) is 14.0 Å². The number of carbonyl (C=O) groups is 1. The lowest BCUT2D eigenvalue weighted by Gasteiger charge is -2.09. The molecule has 0 saturated carbocycles. The number of nitrogens with zero attached hydrogens (tertiary/aromatic N) is 1. The summed E-state index contributed by atoms with van der Waals surface area (Å²) in [5.41, 5.74) is 1.22. The van der Waals surface area contributed by atoms with Gasteiger partial charge in [-0.05, 0) is 31.5 Å². The van der Waals surface area contributed by atoms with Crippen LogP contribution in [0.25, 0.3) is 21.3 Å². The quantitative estimate of drug-likeness (QED) is 0.528. The van der Waals surface area contributed by atoms with Crippen LogP contribution in [0.3, 0.4) is 0 Å². The molecule has 2 heterocycles. The molecule has 2 N–H and O–H groups in total. The monoisotopic (exact) mass is 377 g/mol. The summed E-state index contributed by atoms with van der Waals surface area (Å²) in [5, 5.41) is 5.10. The van der Waals surface area contributed by atoms with Crippen molar-refractivity contribution in [2.24, 2.45) is 0 Å². The van der Waals surface area contributed by atoms with Crippen molar-refractivity contribution in [2.45, 2.75) is 24.3 Å². The summed E-state index contributed by atoms with van der Waals surface area (Å²) >= 11 is 2.55. The van der Waals surface area contributed by atoms with Gasteiger partial charge < -0.3 is 10.3 Å². The molecule has 2 aromatic heterocycles. The highest BCUT2D eigenvalue weighted by Crippen LogP contribution is 2.32. The van der Waals surface area contributed by atoms with Gasteiger partial charge in [0.2, 0.25) is 5.91 Å². The topological polar surface area (TPSA) is 74.8 Å². The molecule has 0 unspecified atom stereocenters. The number of aromatic nitrogens is 2. The van der Waals surface area contributed by atoms with Gasteiger partial charge in [0.25, 0.3) is 5.56 Å². The second-order valence-corrected chi connectivity index (χ2v) is 7.55. The van der Waals surface area contributed by atoms with Crippen LogP contribution in [-0.4, -0.2) is 27.7 Å². The Balaban J connectivity index is 1.95. The lowest BCUT2D eigenvalue weighted by molar-refractivity contribution is -0.120. The van der Waals surface area contributed by atoms with Gasteiger partial charge in [0.15, 0.2) is 5.16 Å². The highest BCUT2D eigenvalue weighted by Gasteiger charge is 2.17. The van der Waals surface area contributed by atoms with Crippen LogP contribution in [0.4, 0.5) is 4.39 Å². The van der Waals surface area contributed by atoms with Gasteiger partial charge in [0, 0.05) is 17.5 Å². The van der Waals surface area contributed by atoms with Gasteiger partial charge in [-0.1, -0.05) is 23.9 Å². The average molecular weight is 377 g/mol. The maximum atomic E-state index is 13.1. The summed E-state index contributed by atoms with van der Waals surface area (Å²) in [5.74, 6) is -0.429. The summed E-state index contributed by atoms with van der Waals surface area (Å²) in [6.45, 7) is 4.17. The maximum absolute atomic E-state index is 13.1. The van der Waals surface area contributed by atoms with Crippen LogP contribution in [0, 0.1) is 5.82 Å². The fourth-order valence-electron chi connectivity index (χ4n) is 2.37. The standard InChI is InChI=1S/C17H16FN3O2S2/c1-3-19-14(22)9(2)25-17-20-15(23)13-12(8-24-16(13)21-17)10-4-6-11(18)7-5-10/h4-9H,3H2,1-2H3,(H,19,22)(H,20,21,23)/t9-/m0/s1. The molecule has 0 fully saturated rings. The van der Waals surface area contributed by atoms with Crippen molar-refractivity contribution in [1.82, 2.24) is 15.3 Å². The molecule has 1 aromatic carbocycles. The van der Waals surface area contributed by atoms with Crippen molar-refractivity contribution in [3.05, 3.63) is 45.8 Å². The lowest BCUT2D eigenvalue weighted by atomic mass is 10.1. The second-order valence-electron chi connectivity index (χ2n) is 5.36. The zero-order valence-corrected chi connectivity index (χ0v) is 15.3. The zero-order chi connectivity index (χ0) is 18.0. The molecular weight excluding hydrogens is 361 g/mol. The Bertz CT molecular complexity index is 966. The predicted molar refractivity (Wildman–Crippen MR) is 99.6 cm³/mol. The van der Waals surface area contributed by atoms with E-state index < -0.39 is 0 Å². The molecule has 0 aliphatic carbocycles. The van der Waals surface area contributed by atoms with Gasteiger partial charge in [0.05, 0.1) is 10.6 Å². The molecule has 1 atom stereocenters. The Morgan fingerprint density at radius 1 is 1.40 bits per heavy atom. The van der Waals surface area contributed by atoms with E-state index in [1.165, 1.54) is 35.2 Å². The van der Waals surface area contributed by atoms with Crippen LogP contribution in [0.1, 0.15) is 13.8 Å². The molecule has 0 radical (unpaired) electrons. The number of hydrogen-bond donors (Lipinski definition) is 2. The van der Waals surface area contributed by atoms with Crippen LogP contribution in [0.2, 0.25) is 0 Å². The van der Waals surface area contributed by atoms with Crippen LogP contribution in [0.5, 0.6) is 0 Å². The Hall–Kier alpha value is -2.19. The van der Waals surface area contributed by atoms with Gasteiger partial charge in [0.1, 0.15) is 10.6 Å². The van der Waals surface area contributed by atoms with E-state index in [-0.39, 0.29) is 22.5 Å². The number of H-pyrrole nitrogens is 1. The number of carbonyl (C=O) groups excluding carboxylic acids is 1. The van der Waals surface area contributed by atoms with E-state index in [4.69, 9.17) is 0 Å². The number of thioether (sulfide) groups is 1. The Labute approximate surface area is 151 Å². The molecule has 3 rings (SSSR count). The number of nitrogens with one attached hydrogen (secondary N) is 2. The van der Waals surface area contributed by atoms with Crippen molar-refractivity contribution >= 4 is 39.2 Å². The first kappa shape index (κ1) is 17.6. The largest absolute Gasteiger partial charge is 0.355 e. The summed E-state index contributed by atoms with van der Waals surface area (Å²) in [6, 6.07) is 5.99. The second kappa shape index (κ2) is 7.37. The smallest absolute Gasteiger partial charge is 0.260 e. The van der Waals surface area contributed by atoms with Crippen molar-refractivity contribution in [1.29, 1.82) is 0 Å². The number of aromatic amines is 1. The first-order valence-electron chi connectivity index (χ1n) is 7.71. The summed E-state index contributed by atoms with van der Waals surface area (Å²) < 4.78 is 13.1. The molecule has 130 valence electrons. The van der Waals surface area contributed by atoms with Crippen LogP contribution in [-0.2, 0) is 4.79 Å². The number of amides is 1. The minimum absolute atomic E-state index is 0.103. The third-order valence-corrected chi connectivity index (χ3v) is 5.44. The highest BCUT2D eigenvalue weighted by molar-refractivity contribution is 8.00. The molecule has 5 nitrogen and oxygen atoms in total. The first-order valence-corrected chi connectivity index (χ1v) is 9.47. The van der Waals surface area contributed by atoms with Gasteiger partial charge in [-0.3, -0.25) is 9.59 Å². The molecule has 1 amide bonds. The number of fused-ring (bicyclic) bond motifs is 1. The number of halogens is 1. The van der Waals surface area contributed by atoms with Gasteiger partial charge in [-0.15, -0.1) is 11.3 Å². The maximum Gasteiger partial charge on any atom is 0.260 e. The molecule has 0 aliphatic heterocycles. The normalized spacial score (nSPS) is 12.3. The number of hydrogen-bond acceptors (Lipinski definition) is 5. The zero-order valence-electron chi connectivity index (χ0n) is 13.6. The third-order valence-electron chi connectivity index (χ3n) is 3.59. The fourth-order valence-corrected chi connectivity index (χ4v) is 4.19. The Morgan fingerprint density at radius 2 is 2.12 bits per heavy atom. The minimum Gasteiger partial charge on any atom is -0.355 e. The van der Waals surface area contributed by atoms with Crippen molar-refractivity contribution in [3.63, 3.8) is 0 Å². The van der Waals surface area contributed by atoms with E-state index in [0.717, 1.165) is 11.1 Å². The SMILES string of the molecule is CCNC(=O)[C@H](C)Sc1nc2scc(-c3ccc(F)cc3)c2c(=O)[nH]1. The number of rotatable bonds is 5. The molecular formula is C17H16FN3O2S2.